The number of fused-ring (bicyclic) bond motifs is 2. The number of benzene rings is 1. The zero-order valence-electron chi connectivity index (χ0n) is 12.9. The third-order valence-corrected chi connectivity index (χ3v) is 6.72. The molecule has 0 N–H and O–H groups in total. The van der Waals surface area contributed by atoms with Crippen LogP contribution >= 0.6 is 12.2 Å². The van der Waals surface area contributed by atoms with Gasteiger partial charge in [0.2, 0.25) is 0 Å². The minimum Gasteiger partial charge on any atom is -0.0929 e. The van der Waals surface area contributed by atoms with Gasteiger partial charge in [-0.15, -0.1) is 0 Å². The molecule has 0 spiro atoms. The molecule has 2 bridgehead atoms. The molecule has 0 aromatic heterocycles. The molecule has 1 heteroatoms. The van der Waals surface area contributed by atoms with Gasteiger partial charge in [0, 0.05) is 0 Å². The van der Waals surface area contributed by atoms with Crippen LogP contribution in [0.15, 0.2) is 30.3 Å². The second-order valence-electron chi connectivity index (χ2n) is 7.80. The van der Waals surface area contributed by atoms with E-state index in [-0.39, 0.29) is 5.41 Å². The summed E-state index contributed by atoms with van der Waals surface area (Å²) in [7, 11) is 0. The summed E-state index contributed by atoms with van der Waals surface area (Å²) in [6.07, 6.45) is 5.21. The average Bonchev–Trinajstić information content (AvgIpc) is 2.45. The lowest BCUT2D eigenvalue weighted by Crippen LogP contribution is -2.50. The zero-order valence-corrected chi connectivity index (χ0v) is 13.7. The molecule has 0 heterocycles. The van der Waals surface area contributed by atoms with Gasteiger partial charge in [0.25, 0.3) is 0 Å². The zero-order chi connectivity index (χ0) is 14.4. The van der Waals surface area contributed by atoms with E-state index in [4.69, 9.17) is 12.2 Å². The van der Waals surface area contributed by atoms with Gasteiger partial charge in [-0.3, -0.25) is 0 Å². The summed E-state index contributed by atoms with van der Waals surface area (Å²) >= 11 is 5.41. The van der Waals surface area contributed by atoms with E-state index < -0.39 is 0 Å². The lowest BCUT2D eigenvalue weighted by atomic mass is 9.48. The molecule has 0 saturated heterocycles. The van der Waals surface area contributed by atoms with Crippen molar-refractivity contribution in [3.8, 4) is 0 Å². The van der Waals surface area contributed by atoms with Crippen molar-refractivity contribution in [2.24, 2.45) is 23.2 Å². The van der Waals surface area contributed by atoms with E-state index in [1.54, 1.807) is 5.56 Å². The van der Waals surface area contributed by atoms with Crippen LogP contribution in [0.5, 0.6) is 0 Å². The van der Waals surface area contributed by atoms with Crippen LogP contribution in [0.4, 0.5) is 0 Å². The molecule has 108 valence electrons. The smallest absolute Gasteiger partial charge is 0.00307 e. The summed E-state index contributed by atoms with van der Waals surface area (Å²) in [4.78, 5) is 0. The molecular weight excluding hydrogens is 260 g/mol. The molecule has 0 aliphatic heterocycles. The van der Waals surface area contributed by atoms with Crippen molar-refractivity contribution in [2.75, 3.05) is 0 Å². The molecule has 5 unspecified atom stereocenters. The Kier molecular flexibility index (Phi) is 3.52. The molecule has 2 aliphatic carbocycles. The molecule has 1 aromatic rings. The van der Waals surface area contributed by atoms with Gasteiger partial charge in [-0.1, -0.05) is 63.3 Å². The molecule has 2 aliphatic rings. The highest BCUT2D eigenvalue weighted by molar-refractivity contribution is 7.79. The van der Waals surface area contributed by atoms with Gasteiger partial charge < -0.3 is 0 Å². The van der Waals surface area contributed by atoms with Gasteiger partial charge in [0.15, 0.2) is 0 Å². The minimum absolute atomic E-state index is 0.239. The molecule has 0 nitrogen and oxygen atoms in total. The molecule has 5 atom stereocenters. The summed E-state index contributed by atoms with van der Waals surface area (Å²) in [5.74, 6) is 2.49. The topological polar surface area (TPSA) is 0 Å². The number of hydrogen-bond acceptors (Lipinski definition) is 1. The van der Waals surface area contributed by atoms with Crippen molar-refractivity contribution < 1.29 is 0 Å². The number of thiocarbonyl (C=S) groups is 1. The predicted molar refractivity (Wildman–Crippen MR) is 90.2 cm³/mol. The van der Waals surface area contributed by atoms with Crippen molar-refractivity contribution >= 4 is 17.6 Å². The Bertz CT molecular complexity index is 490. The lowest BCUT2D eigenvalue weighted by Gasteiger charge is -2.56. The second-order valence-corrected chi connectivity index (χ2v) is 8.04. The highest BCUT2D eigenvalue weighted by Crippen LogP contribution is 2.59. The Morgan fingerprint density at radius 1 is 1.10 bits per heavy atom. The van der Waals surface area contributed by atoms with E-state index >= 15 is 0 Å². The van der Waals surface area contributed by atoms with E-state index in [1.807, 2.05) is 0 Å². The van der Waals surface area contributed by atoms with E-state index in [1.165, 1.54) is 25.7 Å². The lowest BCUT2D eigenvalue weighted by molar-refractivity contribution is 0.0139. The Hall–Kier alpha value is -0.690. The van der Waals surface area contributed by atoms with Crippen molar-refractivity contribution in [2.45, 2.75) is 51.9 Å². The maximum Gasteiger partial charge on any atom is -0.00307 e. The molecule has 0 radical (unpaired) electrons. The van der Waals surface area contributed by atoms with Crippen molar-refractivity contribution in [1.82, 2.24) is 0 Å². The van der Waals surface area contributed by atoms with Gasteiger partial charge in [-0.25, -0.2) is 0 Å². The average molecular weight is 286 g/mol. The van der Waals surface area contributed by atoms with Gasteiger partial charge in [-0.05, 0) is 65.2 Å². The third-order valence-electron chi connectivity index (χ3n) is 6.15. The predicted octanol–water partition coefficient (Wildman–Crippen LogP) is 5.41. The standard InChI is InChI=1S/C19H26S/c1-14-9-19(17-7-5-4-6-8-17)11-16(15(14)2)10-18(3,12-19)13-20/h4-8,13-16H,9-12H2,1-3H3. The van der Waals surface area contributed by atoms with Crippen molar-refractivity contribution in [3.63, 3.8) is 0 Å². The van der Waals surface area contributed by atoms with Crippen LogP contribution < -0.4 is 0 Å². The van der Waals surface area contributed by atoms with Gasteiger partial charge >= 0.3 is 0 Å². The fraction of sp³-hybridized carbons (Fsp3) is 0.632. The normalized spacial score (nSPS) is 44.0. The van der Waals surface area contributed by atoms with Crippen LogP contribution in [-0.2, 0) is 5.41 Å². The Labute approximate surface area is 129 Å². The van der Waals surface area contributed by atoms with Gasteiger partial charge in [0.05, 0.1) is 0 Å². The van der Waals surface area contributed by atoms with Crippen LogP contribution in [0.2, 0.25) is 0 Å². The van der Waals surface area contributed by atoms with Crippen LogP contribution in [-0.4, -0.2) is 5.37 Å². The highest BCUT2D eigenvalue weighted by Gasteiger charge is 2.51. The van der Waals surface area contributed by atoms with Gasteiger partial charge in [0.1, 0.15) is 0 Å². The largest absolute Gasteiger partial charge is 0.0929 e. The maximum absolute atomic E-state index is 5.41. The summed E-state index contributed by atoms with van der Waals surface area (Å²) < 4.78 is 0. The van der Waals surface area contributed by atoms with E-state index in [0.29, 0.717) is 5.41 Å². The van der Waals surface area contributed by atoms with Crippen molar-refractivity contribution in [3.05, 3.63) is 35.9 Å². The van der Waals surface area contributed by atoms with Crippen molar-refractivity contribution in [1.29, 1.82) is 0 Å². The fourth-order valence-corrected chi connectivity index (χ4v) is 5.28. The molecule has 3 rings (SSSR count). The molecule has 1 aromatic carbocycles. The second kappa shape index (κ2) is 4.94. The van der Waals surface area contributed by atoms with Crippen LogP contribution in [0.25, 0.3) is 0 Å². The van der Waals surface area contributed by atoms with Crippen LogP contribution in [0.3, 0.4) is 0 Å². The molecule has 2 fully saturated rings. The van der Waals surface area contributed by atoms with E-state index in [9.17, 15) is 0 Å². The summed E-state index contributed by atoms with van der Waals surface area (Å²) in [6.45, 7) is 7.29. The Morgan fingerprint density at radius 2 is 1.80 bits per heavy atom. The Balaban J connectivity index is 2.05. The molecule has 0 amide bonds. The SMILES string of the molecule is CC1CC2(c3ccccc3)CC(CC(C)(C=S)C2)C1C. The van der Waals surface area contributed by atoms with E-state index in [2.05, 4.69) is 56.5 Å². The summed E-state index contributed by atoms with van der Waals surface area (Å²) in [5.41, 5.74) is 2.15. The number of rotatable bonds is 2. The third kappa shape index (κ3) is 2.24. The first-order chi connectivity index (χ1) is 9.48. The highest BCUT2D eigenvalue weighted by atomic mass is 32.1. The monoisotopic (exact) mass is 286 g/mol. The number of hydrogen-bond donors (Lipinski definition) is 0. The first kappa shape index (κ1) is 14.3. The van der Waals surface area contributed by atoms with Crippen LogP contribution in [0, 0.1) is 23.2 Å². The summed E-state index contributed by atoms with van der Waals surface area (Å²) in [5, 5.41) is 2.07. The fourth-order valence-electron chi connectivity index (χ4n) is 5.10. The molecule has 2 saturated carbocycles. The van der Waals surface area contributed by atoms with Gasteiger partial charge in [-0.2, -0.15) is 0 Å². The minimum atomic E-state index is 0.239. The maximum atomic E-state index is 5.41. The first-order valence-electron chi connectivity index (χ1n) is 8.00. The first-order valence-corrected chi connectivity index (χ1v) is 8.47. The summed E-state index contributed by atoms with van der Waals surface area (Å²) in [6, 6.07) is 11.2. The quantitative estimate of drug-likeness (QED) is 0.655. The van der Waals surface area contributed by atoms with Crippen LogP contribution in [0.1, 0.15) is 52.0 Å². The molecular formula is C19H26S. The molecule has 20 heavy (non-hydrogen) atoms. The van der Waals surface area contributed by atoms with E-state index in [0.717, 1.165) is 17.8 Å². The Morgan fingerprint density at radius 3 is 2.45 bits per heavy atom.